The van der Waals surface area contributed by atoms with Crippen LogP contribution < -0.4 is 5.32 Å². The van der Waals surface area contributed by atoms with Crippen molar-refractivity contribution in [2.75, 3.05) is 11.9 Å². The van der Waals surface area contributed by atoms with E-state index in [1.54, 1.807) is 6.26 Å². The molecule has 1 aromatic carbocycles. The number of aromatic nitrogens is 1. The zero-order valence-electron chi connectivity index (χ0n) is 12.2. The standard InChI is InChI=1S/C16H18N2O3/c1-10-5-6-12(18-15(19)14-4-3-7-20-14)8-13(10)16-17-11(2)9-21-16/h5-6,8-9,14H,3-4,7H2,1-2H3,(H,18,19). The molecule has 1 fully saturated rings. The van der Waals surface area contributed by atoms with Gasteiger partial charge >= 0.3 is 0 Å². The van der Waals surface area contributed by atoms with Gasteiger partial charge in [-0.1, -0.05) is 6.07 Å². The summed E-state index contributed by atoms with van der Waals surface area (Å²) in [6.45, 7) is 4.53. The second-order valence-corrected chi connectivity index (χ2v) is 5.31. The van der Waals surface area contributed by atoms with E-state index in [0.29, 0.717) is 12.5 Å². The van der Waals surface area contributed by atoms with Gasteiger partial charge in [0.05, 0.1) is 5.69 Å². The third-order valence-electron chi connectivity index (χ3n) is 3.58. The molecule has 1 amide bonds. The van der Waals surface area contributed by atoms with Crippen molar-refractivity contribution in [2.24, 2.45) is 0 Å². The van der Waals surface area contributed by atoms with Gasteiger partial charge in [0.25, 0.3) is 5.91 Å². The molecule has 110 valence electrons. The maximum atomic E-state index is 12.1. The predicted octanol–water partition coefficient (Wildman–Crippen LogP) is 3.08. The lowest BCUT2D eigenvalue weighted by Crippen LogP contribution is -2.26. The van der Waals surface area contributed by atoms with Crippen LogP contribution in [0.5, 0.6) is 0 Å². The zero-order chi connectivity index (χ0) is 14.8. The zero-order valence-corrected chi connectivity index (χ0v) is 12.2. The highest BCUT2D eigenvalue weighted by atomic mass is 16.5. The van der Waals surface area contributed by atoms with Gasteiger partial charge in [0.1, 0.15) is 12.4 Å². The number of carbonyl (C=O) groups is 1. The van der Waals surface area contributed by atoms with Crippen molar-refractivity contribution in [1.29, 1.82) is 0 Å². The minimum atomic E-state index is -0.335. The molecule has 21 heavy (non-hydrogen) atoms. The number of anilines is 1. The molecular formula is C16H18N2O3. The minimum Gasteiger partial charge on any atom is -0.444 e. The van der Waals surface area contributed by atoms with Crippen LogP contribution in [0.4, 0.5) is 5.69 Å². The summed E-state index contributed by atoms with van der Waals surface area (Å²) in [6.07, 6.45) is 3.00. The number of hydrogen-bond acceptors (Lipinski definition) is 4. The van der Waals surface area contributed by atoms with Crippen LogP contribution in [0.25, 0.3) is 11.5 Å². The molecule has 2 heterocycles. The Balaban J connectivity index is 1.82. The van der Waals surface area contributed by atoms with E-state index < -0.39 is 0 Å². The Morgan fingerprint density at radius 1 is 1.38 bits per heavy atom. The summed E-state index contributed by atoms with van der Waals surface area (Å²) in [6, 6.07) is 5.70. The van der Waals surface area contributed by atoms with Gasteiger partial charge < -0.3 is 14.5 Å². The largest absolute Gasteiger partial charge is 0.444 e. The molecule has 0 radical (unpaired) electrons. The molecule has 0 saturated carbocycles. The number of nitrogens with zero attached hydrogens (tertiary/aromatic N) is 1. The van der Waals surface area contributed by atoms with E-state index in [1.165, 1.54) is 0 Å². The Hall–Kier alpha value is -2.14. The van der Waals surface area contributed by atoms with E-state index in [4.69, 9.17) is 9.15 Å². The Morgan fingerprint density at radius 3 is 2.90 bits per heavy atom. The number of nitrogens with one attached hydrogen (secondary N) is 1. The van der Waals surface area contributed by atoms with Gasteiger partial charge in [-0.25, -0.2) is 4.98 Å². The molecule has 3 rings (SSSR count). The van der Waals surface area contributed by atoms with Crippen molar-refractivity contribution in [3.63, 3.8) is 0 Å². The van der Waals surface area contributed by atoms with Crippen molar-refractivity contribution in [1.82, 2.24) is 4.98 Å². The number of benzene rings is 1. The van der Waals surface area contributed by atoms with Crippen LogP contribution in [0.1, 0.15) is 24.1 Å². The molecule has 5 heteroatoms. The van der Waals surface area contributed by atoms with Crippen molar-refractivity contribution in [3.05, 3.63) is 35.7 Å². The van der Waals surface area contributed by atoms with E-state index in [0.717, 1.165) is 35.3 Å². The van der Waals surface area contributed by atoms with Crippen LogP contribution in [0.3, 0.4) is 0 Å². The third-order valence-corrected chi connectivity index (χ3v) is 3.58. The summed E-state index contributed by atoms with van der Waals surface area (Å²) in [4.78, 5) is 16.4. The fourth-order valence-corrected chi connectivity index (χ4v) is 2.42. The average Bonchev–Trinajstić information content (AvgIpc) is 3.12. The van der Waals surface area contributed by atoms with Gasteiger partial charge in [0, 0.05) is 17.9 Å². The summed E-state index contributed by atoms with van der Waals surface area (Å²) in [5.74, 6) is 0.476. The Labute approximate surface area is 123 Å². The molecule has 0 aliphatic carbocycles. The fraction of sp³-hybridized carbons (Fsp3) is 0.375. The highest BCUT2D eigenvalue weighted by Crippen LogP contribution is 2.26. The second-order valence-electron chi connectivity index (χ2n) is 5.31. The fourth-order valence-electron chi connectivity index (χ4n) is 2.42. The topological polar surface area (TPSA) is 64.4 Å². The first-order valence-electron chi connectivity index (χ1n) is 7.09. The molecule has 0 bridgehead atoms. The molecule has 1 aromatic heterocycles. The van der Waals surface area contributed by atoms with Gasteiger partial charge in [-0.15, -0.1) is 0 Å². The monoisotopic (exact) mass is 286 g/mol. The first-order chi connectivity index (χ1) is 10.1. The third kappa shape index (κ3) is 2.97. The van der Waals surface area contributed by atoms with Crippen LogP contribution in [-0.2, 0) is 9.53 Å². The second kappa shape index (κ2) is 5.69. The maximum absolute atomic E-state index is 12.1. The van der Waals surface area contributed by atoms with Gasteiger partial charge in [-0.05, 0) is 44.4 Å². The molecule has 1 unspecified atom stereocenters. The van der Waals surface area contributed by atoms with E-state index in [2.05, 4.69) is 10.3 Å². The lowest BCUT2D eigenvalue weighted by atomic mass is 10.1. The molecule has 1 aliphatic rings. The van der Waals surface area contributed by atoms with Crippen molar-refractivity contribution in [3.8, 4) is 11.5 Å². The van der Waals surface area contributed by atoms with Crippen LogP contribution in [-0.4, -0.2) is 23.6 Å². The number of hydrogen-bond donors (Lipinski definition) is 1. The highest BCUT2D eigenvalue weighted by molar-refractivity contribution is 5.94. The summed E-state index contributed by atoms with van der Waals surface area (Å²) in [5.41, 5.74) is 3.49. The summed E-state index contributed by atoms with van der Waals surface area (Å²) >= 11 is 0. The number of oxazole rings is 1. The van der Waals surface area contributed by atoms with E-state index in [-0.39, 0.29) is 12.0 Å². The predicted molar refractivity (Wildman–Crippen MR) is 79.0 cm³/mol. The van der Waals surface area contributed by atoms with Crippen LogP contribution in [0, 0.1) is 13.8 Å². The number of carbonyl (C=O) groups excluding carboxylic acids is 1. The Bertz CT molecular complexity index is 657. The van der Waals surface area contributed by atoms with Crippen LogP contribution >= 0.6 is 0 Å². The molecule has 1 N–H and O–H groups in total. The molecule has 2 aromatic rings. The smallest absolute Gasteiger partial charge is 0.253 e. The van der Waals surface area contributed by atoms with E-state index in [1.807, 2.05) is 32.0 Å². The minimum absolute atomic E-state index is 0.0918. The van der Waals surface area contributed by atoms with Gasteiger partial charge in [0.15, 0.2) is 0 Å². The molecule has 0 spiro atoms. The lowest BCUT2D eigenvalue weighted by molar-refractivity contribution is -0.124. The lowest BCUT2D eigenvalue weighted by Gasteiger charge is -2.11. The van der Waals surface area contributed by atoms with Gasteiger partial charge in [0.2, 0.25) is 5.89 Å². The van der Waals surface area contributed by atoms with Crippen LogP contribution in [0.2, 0.25) is 0 Å². The van der Waals surface area contributed by atoms with Crippen molar-refractivity contribution < 1.29 is 13.9 Å². The Morgan fingerprint density at radius 2 is 2.24 bits per heavy atom. The maximum Gasteiger partial charge on any atom is 0.253 e. The first-order valence-corrected chi connectivity index (χ1v) is 7.09. The first kappa shape index (κ1) is 13.8. The molecular weight excluding hydrogens is 268 g/mol. The molecule has 5 nitrogen and oxygen atoms in total. The quantitative estimate of drug-likeness (QED) is 0.941. The van der Waals surface area contributed by atoms with Crippen LogP contribution in [0.15, 0.2) is 28.9 Å². The van der Waals surface area contributed by atoms with Gasteiger partial charge in [-0.3, -0.25) is 4.79 Å². The van der Waals surface area contributed by atoms with E-state index in [9.17, 15) is 4.79 Å². The van der Waals surface area contributed by atoms with Crippen molar-refractivity contribution >= 4 is 11.6 Å². The number of rotatable bonds is 3. The summed E-state index contributed by atoms with van der Waals surface area (Å²) in [7, 11) is 0. The number of aryl methyl sites for hydroxylation is 2. The average molecular weight is 286 g/mol. The molecule has 1 saturated heterocycles. The number of amides is 1. The molecule has 1 aliphatic heterocycles. The summed E-state index contributed by atoms with van der Waals surface area (Å²) in [5, 5.41) is 2.89. The van der Waals surface area contributed by atoms with E-state index >= 15 is 0 Å². The normalized spacial score (nSPS) is 17.9. The Kier molecular flexibility index (Phi) is 3.75. The van der Waals surface area contributed by atoms with Crippen molar-refractivity contribution in [2.45, 2.75) is 32.8 Å². The number of ether oxygens (including phenoxy) is 1. The summed E-state index contributed by atoms with van der Waals surface area (Å²) < 4.78 is 10.8. The SMILES string of the molecule is Cc1coc(-c2cc(NC(=O)C3CCCO3)ccc2C)n1. The molecule has 1 atom stereocenters. The van der Waals surface area contributed by atoms with Gasteiger partial charge in [-0.2, -0.15) is 0 Å². The highest BCUT2D eigenvalue weighted by Gasteiger charge is 2.23.